The van der Waals surface area contributed by atoms with E-state index in [-0.39, 0.29) is 11.3 Å². The van der Waals surface area contributed by atoms with Crippen LogP contribution in [0.15, 0.2) is 23.1 Å². The number of para-hydroxylation sites is 1. The molecule has 0 saturated carbocycles. The standard InChI is InChI=1S/C15H16ClN3O3S/c16-9-3-1-2-8(6-12-14(21)18-15(22)23-12)13(9)19-5-4-11(20)10(17)7-19/h1-3,6,10-11,20H,4-5,7,17H2,(H,18,21,22)/b12-6-. The normalized spacial score (nSPS) is 26.7. The first kappa shape index (κ1) is 16.3. The van der Waals surface area contributed by atoms with Gasteiger partial charge in [-0.3, -0.25) is 14.9 Å². The van der Waals surface area contributed by atoms with Crippen LogP contribution < -0.4 is 16.0 Å². The molecule has 23 heavy (non-hydrogen) atoms. The van der Waals surface area contributed by atoms with Crippen LogP contribution in [0.2, 0.25) is 5.02 Å². The van der Waals surface area contributed by atoms with Gasteiger partial charge in [-0.2, -0.15) is 0 Å². The van der Waals surface area contributed by atoms with Gasteiger partial charge >= 0.3 is 0 Å². The highest BCUT2D eigenvalue weighted by molar-refractivity contribution is 8.18. The minimum Gasteiger partial charge on any atom is -0.391 e. The summed E-state index contributed by atoms with van der Waals surface area (Å²) in [6.07, 6.45) is 1.68. The van der Waals surface area contributed by atoms with Gasteiger partial charge in [-0.1, -0.05) is 23.7 Å². The van der Waals surface area contributed by atoms with Gasteiger partial charge in [0, 0.05) is 24.7 Å². The number of thioether (sulfide) groups is 1. The second-order valence-corrected chi connectivity index (χ2v) is 6.92. The van der Waals surface area contributed by atoms with Crippen molar-refractivity contribution in [3.05, 3.63) is 33.7 Å². The van der Waals surface area contributed by atoms with Crippen molar-refractivity contribution in [2.75, 3.05) is 18.0 Å². The van der Waals surface area contributed by atoms with E-state index in [9.17, 15) is 14.7 Å². The number of imide groups is 1. The van der Waals surface area contributed by atoms with Gasteiger partial charge in [0.2, 0.25) is 0 Å². The number of aliphatic hydroxyl groups excluding tert-OH is 1. The third kappa shape index (κ3) is 3.37. The number of benzene rings is 1. The van der Waals surface area contributed by atoms with Gasteiger partial charge in [0.25, 0.3) is 11.1 Å². The average Bonchev–Trinajstić information content (AvgIpc) is 2.80. The van der Waals surface area contributed by atoms with Crippen LogP contribution in [0.4, 0.5) is 10.5 Å². The fraction of sp³-hybridized carbons (Fsp3) is 0.333. The van der Waals surface area contributed by atoms with E-state index >= 15 is 0 Å². The number of halogens is 1. The second kappa shape index (κ2) is 6.52. The van der Waals surface area contributed by atoms with Crippen LogP contribution in [0.3, 0.4) is 0 Å². The Labute approximate surface area is 142 Å². The number of carbonyl (C=O) groups is 2. The number of nitrogens with two attached hydrogens (primary N) is 1. The van der Waals surface area contributed by atoms with Crippen molar-refractivity contribution in [1.82, 2.24) is 5.32 Å². The van der Waals surface area contributed by atoms with Gasteiger partial charge in [-0.15, -0.1) is 0 Å². The van der Waals surface area contributed by atoms with E-state index in [1.54, 1.807) is 18.2 Å². The molecule has 2 atom stereocenters. The third-order valence-electron chi connectivity index (χ3n) is 3.88. The lowest BCUT2D eigenvalue weighted by atomic mass is 10.0. The molecular formula is C15H16ClN3O3S. The molecule has 4 N–H and O–H groups in total. The number of anilines is 1. The molecule has 2 unspecified atom stereocenters. The van der Waals surface area contributed by atoms with E-state index in [4.69, 9.17) is 17.3 Å². The van der Waals surface area contributed by atoms with Crippen molar-refractivity contribution in [2.24, 2.45) is 5.73 Å². The first-order valence-electron chi connectivity index (χ1n) is 7.17. The van der Waals surface area contributed by atoms with Gasteiger partial charge in [0.1, 0.15) is 0 Å². The minimum absolute atomic E-state index is 0.333. The van der Waals surface area contributed by atoms with E-state index in [2.05, 4.69) is 5.32 Å². The highest BCUT2D eigenvalue weighted by atomic mass is 35.5. The molecule has 3 rings (SSSR count). The first-order valence-corrected chi connectivity index (χ1v) is 8.37. The molecule has 1 aromatic rings. The lowest BCUT2D eigenvalue weighted by molar-refractivity contribution is -0.115. The molecule has 2 fully saturated rings. The maximum Gasteiger partial charge on any atom is 0.290 e. The Morgan fingerprint density at radius 3 is 2.87 bits per heavy atom. The Kier molecular flexibility index (Phi) is 4.63. The quantitative estimate of drug-likeness (QED) is 0.698. The molecule has 2 aliphatic rings. The average molecular weight is 354 g/mol. The molecule has 0 bridgehead atoms. The molecule has 2 aliphatic heterocycles. The Morgan fingerprint density at radius 2 is 2.22 bits per heavy atom. The molecular weight excluding hydrogens is 338 g/mol. The second-order valence-electron chi connectivity index (χ2n) is 5.50. The number of nitrogens with one attached hydrogen (secondary N) is 1. The summed E-state index contributed by atoms with van der Waals surface area (Å²) in [6, 6.07) is 5.03. The molecule has 2 saturated heterocycles. The Hall–Kier alpha value is -1.54. The summed E-state index contributed by atoms with van der Waals surface area (Å²) in [5.74, 6) is -0.406. The van der Waals surface area contributed by atoms with Gasteiger partial charge < -0.3 is 15.7 Å². The largest absolute Gasteiger partial charge is 0.391 e. The number of hydrogen-bond acceptors (Lipinski definition) is 6. The molecule has 0 spiro atoms. The topological polar surface area (TPSA) is 95.7 Å². The number of aliphatic hydroxyl groups is 1. The number of hydrogen-bond donors (Lipinski definition) is 3. The number of rotatable bonds is 2. The van der Waals surface area contributed by atoms with E-state index in [0.717, 1.165) is 23.0 Å². The fourth-order valence-electron chi connectivity index (χ4n) is 2.72. The van der Waals surface area contributed by atoms with Crippen molar-refractivity contribution in [1.29, 1.82) is 0 Å². The number of amides is 2. The highest BCUT2D eigenvalue weighted by Crippen LogP contribution is 2.35. The summed E-state index contributed by atoms with van der Waals surface area (Å²) < 4.78 is 0. The maximum atomic E-state index is 11.7. The summed E-state index contributed by atoms with van der Waals surface area (Å²) >= 11 is 7.21. The lowest BCUT2D eigenvalue weighted by Crippen LogP contribution is -2.51. The predicted molar refractivity (Wildman–Crippen MR) is 91.4 cm³/mol. The molecule has 122 valence electrons. The van der Waals surface area contributed by atoms with Crippen LogP contribution in [0.1, 0.15) is 12.0 Å². The van der Waals surface area contributed by atoms with Crippen LogP contribution in [-0.2, 0) is 4.79 Å². The van der Waals surface area contributed by atoms with Gasteiger partial charge in [0.05, 0.1) is 21.7 Å². The van der Waals surface area contributed by atoms with Gasteiger partial charge in [-0.25, -0.2) is 0 Å². The minimum atomic E-state index is -0.524. The van der Waals surface area contributed by atoms with Crippen LogP contribution in [0.5, 0.6) is 0 Å². The zero-order valence-electron chi connectivity index (χ0n) is 12.2. The first-order chi connectivity index (χ1) is 11.0. The molecule has 0 aliphatic carbocycles. The lowest BCUT2D eigenvalue weighted by Gasteiger charge is -2.37. The van der Waals surface area contributed by atoms with E-state index in [1.807, 2.05) is 11.0 Å². The number of nitrogens with zero attached hydrogens (tertiary/aromatic N) is 1. The molecule has 0 radical (unpaired) electrons. The van der Waals surface area contributed by atoms with Crippen molar-refractivity contribution in [3.63, 3.8) is 0 Å². The molecule has 2 amide bonds. The predicted octanol–water partition coefficient (Wildman–Crippen LogP) is 1.56. The monoisotopic (exact) mass is 353 g/mol. The van der Waals surface area contributed by atoms with Crippen molar-refractivity contribution < 1.29 is 14.7 Å². The highest BCUT2D eigenvalue weighted by Gasteiger charge is 2.29. The molecule has 2 heterocycles. The maximum absolute atomic E-state index is 11.7. The van der Waals surface area contributed by atoms with Gasteiger partial charge in [0.15, 0.2) is 0 Å². The molecule has 0 aromatic heterocycles. The summed E-state index contributed by atoms with van der Waals surface area (Å²) in [5, 5.41) is 12.2. The van der Waals surface area contributed by atoms with Crippen LogP contribution in [0.25, 0.3) is 6.08 Å². The number of carbonyl (C=O) groups excluding carboxylic acids is 2. The zero-order chi connectivity index (χ0) is 16.6. The summed E-state index contributed by atoms with van der Waals surface area (Å²) in [7, 11) is 0. The zero-order valence-corrected chi connectivity index (χ0v) is 13.7. The third-order valence-corrected chi connectivity index (χ3v) is 5.00. The number of piperidine rings is 1. The van der Waals surface area contributed by atoms with Crippen LogP contribution in [0, 0.1) is 0 Å². The smallest absolute Gasteiger partial charge is 0.290 e. The fourth-order valence-corrected chi connectivity index (χ4v) is 3.69. The SMILES string of the molecule is NC1CN(c2c(Cl)cccc2/C=C2\SC(=O)NC2=O)CCC1O. The van der Waals surface area contributed by atoms with Crippen LogP contribution >= 0.6 is 23.4 Å². The Morgan fingerprint density at radius 1 is 1.43 bits per heavy atom. The summed E-state index contributed by atoms with van der Waals surface area (Å²) in [5.41, 5.74) is 7.45. The Balaban J connectivity index is 1.96. The van der Waals surface area contributed by atoms with E-state index in [1.165, 1.54) is 0 Å². The van der Waals surface area contributed by atoms with Crippen molar-refractivity contribution in [3.8, 4) is 0 Å². The molecule has 1 aromatic carbocycles. The van der Waals surface area contributed by atoms with Crippen LogP contribution in [-0.4, -0.2) is 41.5 Å². The van der Waals surface area contributed by atoms with Crippen molar-refractivity contribution >= 4 is 46.3 Å². The van der Waals surface area contributed by atoms with Gasteiger partial charge in [-0.05, 0) is 30.3 Å². The van der Waals surface area contributed by atoms with E-state index in [0.29, 0.717) is 29.4 Å². The molecule has 8 heteroatoms. The Bertz CT molecular complexity index is 695. The van der Waals surface area contributed by atoms with Crippen molar-refractivity contribution in [2.45, 2.75) is 18.6 Å². The molecule has 6 nitrogen and oxygen atoms in total. The summed E-state index contributed by atoms with van der Waals surface area (Å²) in [4.78, 5) is 25.4. The summed E-state index contributed by atoms with van der Waals surface area (Å²) in [6.45, 7) is 1.09. The van der Waals surface area contributed by atoms with E-state index < -0.39 is 12.0 Å².